The molecule has 0 unspecified atom stereocenters. The molecule has 2 heterocycles. The summed E-state index contributed by atoms with van der Waals surface area (Å²) in [6.45, 7) is 3.43. The molecule has 1 aromatic carbocycles. The first-order valence-corrected chi connectivity index (χ1v) is 8.07. The van der Waals surface area contributed by atoms with Crippen LogP contribution >= 0.6 is 0 Å². The third-order valence-corrected chi connectivity index (χ3v) is 3.67. The van der Waals surface area contributed by atoms with E-state index in [0.717, 1.165) is 5.56 Å². The summed E-state index contributed by atoms with van der Waals surface area (Å²) in [6, 6.07) is 11.0. The number of hydrogen-bond acceptors (Lipinski definition) is 6. The highest BCUT2D eigenvalue weighted by molar-refractivity contribution is 5.96. The van der Waals surface area contributed by atoms with Crippen molar-refractivity contribution in [3.8, 4) is 11.4 Å². The lowest BCUT2D eigenvalue weighted by atomic mass is 10.2. The molecule has 0 radical (unpaired) electrons. The largest absolute Gasteiger partial charge is 0.466 e. The molecule has 26 heavy (non-hydrogen) atoms. The summed E-state index contributed by atoms with van der Waals surface area (Å²) >= 11 is 0. The zero-order chi connectivity index (χ0) is 18.5. The molecule has 0 saturated heterocycles. The van der Waals surface area contributed by atoms with Crippen LogP contribution in [0.25, 0.3) is 11.4 Å². The number of aromatic nitrogens is 2. The molecule has 0 fully saturated rings. The number of nitrogens with one attached hydrogen (secondary N) is 2. The summed E-state index contributed by atoms with van der Waals surface area (Å²) in [7, 11) is 0. The number of hydrazine groups is 1. The Balaban J connectivity index is 1.48. The maximum absolute atomic E-state index is 12.0. The van der Waals surface area contributed by atoms with Gasteiger partial charge in [0.1, 0.15) is 11.5 Å². The number of aryl methyl sites for hydroxylation is 3. The number of rotatable bonds is 5. The predicted molar refractivity (Wildman–Crippen MR) is 91.8 cm³/mol. The van der Waals surface area contributed by atoms with E-state index < -0.39 is 5.91 Å². The van der Waals surface area contributed by atoms with Crippen LogP contribution in [0.2, 0.25) is 0 Å². The van der Waals surface area contributed by atoms with Crippen LogP contribution in [0.1, 0.15) is 34.2 Å². The van der Waals surface area contributed by atoms with Gasteiger partial charge in [-0.3, -0.25) is 20.4 Å². The van der Waals surface area contributed by atoms with E-state index in [-0.39, 0.29) is 18.7 Å². The first-order valence-electron chi connectivity index (χ1n) is 8.07. The number of nitrogens with zero attached hydrogens (tertiary/aromatic N) is 2. The Bertz CT molecular complexity index is 914. The molecule has 2 aromatic heterocycles. The molecule has 0 atom stereocenters. The van der Waals surface area contributed by atoms with Gasteiger partial charge < -0.3 is 8.94 Å². The van der Waals surface area contributed by atoms with Crippen LogP contribution in [0.5, 0.6) is 0 Å². The van der Waals surface area contributed by atoms with E-state index in [1.807, 2.05) is 30.3 Å². The minimum atomic E-state index is -0.433. The molecule has 0 saturated carbocycles. The summed E-state index contributed by atoms with van der Waals surface area (Å²) in [5.41, 5.74) is 5.93. The molecule has 8 nitrogen and oxygen atoms in total. The Morgan fingerprint density at radius 1 is 1.12 bits per heavy atom. The van der Waals surface area contributed by atoms with Crippen molar-refractivity contribution in [3.63, 3.8) is 0 Å². The Labute approximate surface area is 149 Å². The van der Waals surface area contributed by atoms with Crippen LogP contribution in [-0.2, 0) is 11.2 Å². The van der Waals surface area contributed by atoms with Crippen molar-refractivity contribution in [3.05, 3.63) is 59.4 Å². The van der Waals surface area contributed by atoms with E-state index in [9.17, 15) is 9.59 Å². The van der Waals surface area contributed by atoms with E-state index in [1.165, 1.54) is 0 Å². The third kappa shape index (κ3) is 4.15. The minimum absolute atomic E-state index is 0.0973. The maximum atomic E-state index is 12.0. The zero-order valence-electron chi connectivity index (χ0n) is 14.4. The Kier molecular flexibility index (Phi) is 5.12. The molecule has 2 N–H and O–H groups in total. The zero-order valence-corrected chi connectivity index (χ0v) is 14.4. The number of furan rings is 1. The molecular formula is C18H18N4O4. The highest BCUT2D eigenvalue weighted by atomic mass is 16.5. The number of hydrogen-bond donors (Lipinski definition) is 2. The van der Waals surface area contributed by atoms with Crippen molar-refractivity contribution in [2.75, 3.05) is 0 Å². The van der Waals surface area contributed by atoms with Crippen molar-refractivity contribution >= 4 is 11.8 Å². The topological polar surface area (TPSA) is 110 Å². The molecule has 0 aliphatic rings. The van der Waals surface area contributed by atoms with Crippen molar-refractivity contribution in [1.29, 1.82) is 0 Å². The van der Waals surface area contributed by atoms with Gasteiger partial charge in [0.25, 0.3) is 5.91 Å². The Morgan fingerprint density at radius 3 is 2.58 bits per heavy atom. The van der Waals surface area contributed by atoms with Crippen LogP contribution < -0.4 is 10.9 Å². The first kappa shape index (κ1) is 17.4. The summed E-state index contributed by atoms with van der Waals surface area (Å²) in [4.78, 5) is 28.1. The van der Waals surface area contributed by atoms with Gasteiger partial charge in [0.05, 0.1) is 5.56 Å². The van der Waals surface area contributed by atoms with Crippen molar-refractivity contribution < 1.29 is 18.5 Å². The molecule has 3 aromatic rings. The second-order valence-corrected chi connectivity index (χ2v) is 5.71. The smallest absolute Gasteiger partial charge is 0.273 e. The van der Waals surface area contributed by atoms with Gasteiger partial charge in [-0.15, -0.1) is 0 Å². The molecule has 8 heteroatoms. The molecule has 0 aliphatic carbocycles. The molecule has 0 spiro atoms. The van der Waals surface area contributed by atoms with Crippen LogP contribution in [0.3, 0.4) is 0 Å². The summed E-state index contributed by atoms with van der Waals surface area (Å²) in [5, 5.41) is 3.89. The summed E-state index contributed by atoms with van der Waals surface area (Å²) in [5.74, 6) is 1.15. The maximum Gasteiger partial charge on any atom is 0.273 e. The minimum Gasteiger partial charge on any atom is -0.466 e. The SMILES string of the molecule is Cc1cc(C(=O)NNC(=O)CCc2nc(-c3ccccc3)no2)c(C)o1. The Morgan fingerprint density at radius 2 is 1.88 bits per heavy atom. The molecule has 0 aliphatic heterocycles. The normalized spacial score (nSPS) is 10.5. The fraction of sp³-hybridized carbons (Fsp3) is 0.222. The third-order valence-electron chi connectivity index (χ3n) is 3.67. The predicted octanol–water partition coefficient (Wildman–Crippen LogP) is 2.34. The van der Waals surface area contributed by atoms with Gasteiger partial charge in [-0.05, 0) is 19.9 Å². The average molecular weight is 354 g/mol. The van der Waals surface area contributed by atoms with Gasteiger partial charge in [-0.2, -0.15) is 4.98 Å². The average Bonchev–Trinajstić information content (AvgIpc) is 3.25. The first-order chi connectivity index (χ1) is 12.5. The van der Waals surface area contributed by atoms with Gasteiger partial charge in [0.2, 0.25) is 17.6 Å². The summed E-state index contributed by atoms with van der Waals surface area (Å²) < 4.78 is 10.4. The van der Waals surface area contributed by atoms with Crippen LogP contribution in [0, 0.1) is 13.8 Å². The number of benzene rings is 1. The van der Waals surface area contributed by atoms with Crippen molar-refractivity contribution in [2.24, 2.45) is 0 Å². The molecular weight excluding hydrogens is 336 g/mol. The summed E-state index contributed by atoms with van der Waals surface area (Å²) in [6.07, 6.45) is 0.367. The second-order valence-electron chi connectivity index (χ2n) is 5.71. The molecule has 134 valence electrons. The van der Waals surface area contributed by atoms with Crippen molar-refractivity contribution in [2.45, 2.75) is 26.7 Å². The van der Waals surface area contributed by atoms with Crippen LogP contribution in [-0.4, -0.2) is 22.0 Å². The van der Waals surface area contributed by atoms with Gasteiger partial charge >= 0.3 is 0 Å². The lowest BCUT2D eigenvalue weighted by molar-refractivity contribution is -0.121. The van der Waals surface area contributed by atoms with Gasteiger partial charge in [0.15, 0.2) is 0 Å². The van der Waals surface area contributed by atoms with Gasteiger partial charge in [0, 0.05) is 18.4 Å². The highest BCUT2D eigenvalue weighted by Crippen LogP contribution is 2.15. The second kappa shape index (κ2) is 7.64. The standard InChI is InChI=1S/C18H18N4O4/c1-11-10-14(12(2)25-11)18(24)21-20-15(23)8-9-16-19-17(22-26-16)13-6-4-3-5-7-13/h3-7,10H,8-9H2,1-2H3,(H,20,23)(H,21,24). The lowest BCUT2D eigenvalue weighted by Gasteiger charge is -2.05. The highest BCUT2D eigenvalue weighted by Gasteiger charge is 2.15. The van der Waals surface area contributed by atoms with E-state index in [4.69, 9.17) is 8.94 Å². The van der Waals surface area contributed by atoms with E-state index >= 15 is 0 Å². The van der Waals surface area contributed by atoms with E-state index in [2.05, 4.69) is 21.0 Å². The number of carbonyl (C=O) groups excluding carboxylic acids is 2. The molecule has 3 rings (SSSR count). The number of carbonyl (C=O) groups is 2. The van der Waals surface area contributed by atoms with E-state index in [0.29, 0.717) is 28.8 Å². The fourth-order valence-corrected chi connectivity index (χ4v) is 2.39. The van der Waals surface area contributed by atoms with Gasteiger partial charge in [-0.1, -0.05) is 35.5 Å². The van der Waals surface area contributed by atoms with Crippen LogP contribution in [0.4, 0.5) is 0 Å². The van der Waals surface area contributed by atoms with Crippen LogP contribution in [0.15, 0.2) is 45.3 Å². The van der Waals surface area contributed by atoms with Crippen molar-refractivity contribution in [1.82, 2.24) is 21.0 Å². The lowest BCUT2D eigenvalue weighted by Crippen LogP contribution is -2.41. The van der Waals surface area contributed by atoms with Gasteiger partial charge in [-0.25, -0.2) is 0 Å². The molecule has 2 amide bonds. The monoisotopic (exact) mass is 354 g/mol. The Hall–Kier alpha value is -3.42. The molecule has 0 bridgehead atoms. The van der Waals surface area contributed by atoms with E-state index in [1.54, 1.807) is 19.9 Å². The quantitative estimate of drug-likeness (QED) is 0.681. The number of amides is 2. The fourth-order valence-electron chi connectivity index (χ4n) is 2.39.